The number of nitrogens with zero attached hydrogens (tertiary/aromatic N) is 1. The van der Waals surface area contributed by atoms with Gasteiger partial charge in [-0.05, 0) is 23.3 Å². The van der Waals surface area contributed by atoms with Gasteiger partial charge < -0.3 is 10.0 Å². The molecule has 5 heteroatoms. The third kappa shape index (κ3) is 5.87. The van der Waals surface area contributed by atoms with E-state index in [1.165, 1.54) is 4.88 Å². The van der Waals surface area contributed by atoms with Crippen LogP contribution in [0.3, 0.4) is 0 Å². The Morgan fingerprint density at radius 2 is 2.05 bits per heavy atom. The van der Waals surface area contributed by atoms with Crippen molar-refractivity contribution in [2.24, 2.45) is 5.41 Å². The van der Waals surface area contributed by atoms with Gasteiger partial charge in [-0.2, -0.15) is 0 Å². The standard InChI is InChI=1S/C14H21NO3S/c1-14(2,10-13(17)18)9-12(16)15(3)7-6-11-5-4-8-19-11/h4-5,8H,6-7,9-10H2,1-3H3,(H,17,18). The first kappa shape index (κ1) is 15.7. The minimum absolute atomic E-state index is 0.00260. The van der Waals surface area contributed by atoms with Crippen molar-refractivity contribution in [1.82, 2.24) is 4.90 Å². The van der Waals surface area contributed by atoms with Crippen LogP contribution in [0.15, 0.2) is 17.5 Å². The van der Waals surface area contributed by atoms with Crippen molar-refractivity contribution in [3.63, 3.8) is 0 Å². The van der Waals surface area contributed by atoms with Gasteiger partial charge in [-0.25, -0.2) is 0 Å². The first-order valence-electron chi connectivity index (χ1n) is 6.28. The van der Waals surface area contributed by atoms with Crippen LogP contribution in [-0.4, -0.2) is 35.5 Å². The molecule has 0 radical (unpaired) electrons. The zero-order valence-electron chi connectivity index (χ0n) is 11.7. The van der Waals surface area contributed by atoms with Crippen molar-refractivity contribution in [2.75, 3.05) is 13.6 Å². The predicted molar refractivity (Wildman–Crippen MR) is 76.3 cm³/mol. The van der Waals surface area contributed by atoms with Gasteiger partial charge in [-0.1, -0.05) is 19.9 Å². The number of hydrogen-bond acceptors (Lipinski definition) is 3. The lowest BCUT2D eigenvalue weighted by Crippen LogP contribution is -2.33. The van der Waals surface area contributed by atoms with Gasteiger partial charge in [-0.3, -0.25) is 9.59 Å². The molecule has 19 heavy (non-hydrogen) atoms. The number of carbonyl (C=O) groups is 2. The highest BCUT2D eigenvalue weighted by atomic mass is 32.1. The second-order valence-electron chi connectivity index (χ2n) is 5.56. The Hall–Kier alpha value is -1.36. The van der Waals surface area contributed by atoms with Gasteiger partial charge in [0, 0.05) is 24.9 Å². The summed E-state index contributed by atoms with van der Waals surface area (Å²) in [4.78, 5) is 25.7. The van der Waals surface area contributed by atoms with Crippen LogP contribution in [0, 0.1) is 5.41 Å². The summed E-state index contributed by atoms with van der Waals surface area (Å²) in [6, 6.07) is 4.05. The third-order valence-electron chi connectivity index (χ3n) is 2.96. The van der Waals surface area contributed by atoms with E-state index in [1.807, 2.05) is 25.3 Å². The van der Waals surface area contributed by atoms with Gasteiger partial charge in [0.05, 0.1) is 6.42 Å². The number of carboxylic acids is 1. The van der Waals surface area contributed by atoms with E-state index in [0.717, 1.165) is 6.42 Å². The fraction of sp³-hybridized carbons (Fsp3) is 0.571. The molecule has 1 aromatic heterocycles. The highest BCUT2D eigenvalue weighted by Gasteiger charge is 2.26. The minimum atomic E-state index is -0.862. The van der Waals surface area contributed by atoms with Crippen LogP contribution in [0.4, 0.5) is 0 Å². The maximum absolute atomic E-state index is 12.0. The molecule has 0 bridgehead atoms. The SMILES string of the molecule is CN(CCc1cccs1)C(=O)CC(C)(C)CC(=O)O. The van der Waals surface area contributed by atoms with Crippen LogP contribution in [0.1, 0.15) is 31.6 Å². The van der Waals surface area contributed by atoms with E-state index >= 15 is 0 Å². The summed E-state index contributed by atoms with van der Waals surface area (Å²) in [6.45, 7) is 4.29. The summed E-state index contributed by atoms with van der Waals surface area (Å²) in [5, 5.41) is 10.8. The molecule has 106 valence electrons. The van der Waals surface area contributed by atoms with Crippen LogP contribution in [0.2, 0.25) is 0 Å². The number of carbonyl (C=O) groups excluding carboxylic acids is 1. The number of amides is 1. The number of hydrogen-bond donors (Lipinski definition) is 1. The number of likely N-dealkylation sites (N-methyl/N-ethyl adjacent to an activating group) is 1. The lowest BCUT2D eigenvalue weighted by Gasteiger charge is -2.25. The average Bonchev–Trinajstić information content (AvgIpc) is 2.75. The molecular weight excluding hydrogens is 262 g/mol. The van der Waals surface area contributed by atoms with Gasteiger partial charge in [-0.15, -0.1) is 11.3 Å². The Balaban J connectivity index is 2.41. The van der Waals surface area contributed by atoms with Crippen molar-refractivity contribution < 1.29 is 14.7 Å². The topological polar surface area (TPSA) is 57.6 Å². The molecule has 0 saturated carbocycles. The summed E-state index contributed by atoms with van der Waals surface area (Å²) in [6.07, 6.45) is 1.12. The Morgan fingerprint density at radius 3 is 2.58 bits per heavy atom. The maximum Gasteiger partial charge on any atom is 0.303 e. The normalized spacial score (nSPS) is 11.3. The summed E-state index contributed by atoms with van der Waals surface area (Å²) in [7, 11) is 1.77. The molecule has 0 unspecified atom stereocenters. The molecule has 0 aliphatic heterocycles. The molecule has 1 N–H and O–H groups in total. The highest BCUT2D eigenvalue weighted by molar-refractivity contribution is 7.09. The van der Waals surface area contributed by atoms with Crippen molar-refractivity contribution in [2.45, 2.75) is 33.1 Å². The Labute approximate surface area is 118 Å². The zero-order chi connectivity index (χ0) is 14.5. The predicted octanol–water partition coefficient (Wildman–Crippen LogP) is 2.64. The summed E-state index contributed by atoms with van der Waals surface area (Å²) >= 11 is 1.68. The van der Waals surface area contributed by atoms with Gasteiger partial charge in [0.2, 0.25) is 5.91 Å². The Morgan fingerprint density at radius 1 is 1.37 bits per heavy atom. The van der Waals surface area contributed by atoms with Crippen LogP contribution >= 0.6 is 11.3 Å². The first-order chi connectivity index (χ1) is 8.80. The molecule has 4 nitrogen and oxygen atoms in total. The van der Waals surface area contributed by atoms with Gasteiger partial charge in [0.1, 0.15) is 0 Å². The minimum Gasteiger partial charge on any atom is -0.481 e. The second-order valence-corrected chi connectivity index (χ2v) is 6.59. The molecule has 0 atom stereocenters. The molecule has 1 aromatic rings. The number of aliphatic carboxylic acids is 1. The maximum atomic E-state index is 12.0. The fourth-order valence-corrected chi connectivity index (χ4v) is 2.57. The third-order valence-corrected chi connectivity index (χ3v) is 3.90. The van der Waals surface area contributed by atoms with Crippen molar-refractivity contribution in [3.05, 3.63) is 22.4 Å². The van der Waals surface area contributed by atoms with Crippen molar-refractivity contribution >= 4 is 23.2 Å². The summed E-state index contributed by atoms with van der Waals surface area (Å²) < 4.78 is 0. The van der Waals surface area contributed by atoms with E-state index in [2.05, 4.69) is 6.07 Å². The molecule has 1 heterocycles. The highest BCUT2D eigenvalue weighted by Crippen LogP contribution is 2.25. The lowest BCUT2D eigenvalue weighted by atomic mass is 9.85. The van der Waals surface area contributed by atoms with E-state index in [0.29, 0.717) is 6.54 Å². The van der Waals surface area contributed by atoms with Gasteiger partial charge in [0.25, 0.3) is 0 Å². The van der Waals surface area contributed by atoms with E-state index in [1.54, 1.807) is 23.3 Å². The van der Waals surface area contributed by atoms with Crippen molar-refractivity contribution in [3.8, 4) is 0 Å². The number of thiophene rings is 1. The monoisotopic (exact) mass is 283 g/mol. The molecule has 0 aliphatic rings. The molecule has 0 spiro atoms. The molecule has 0 fully saturated rings. The Kier molecular flexibility index (Phi) is 5.54. The molecule has 1 rings (SSSR count). The first-order valence-corrected chi connectivity index (χ1v) is 7.16. The van der Waals surface area contributed by atoms with E-state index in [9.17, 15) is 9.59 Å². The van der Waals surface area contributed by atoms with E-state index in [4.69, 9.17) is 5.11 Å². The van der Waals surface area contributed by atoms with E-state index in [-0.39, 0.29) is 18.7 Å². The molecular formula is C14H21NO3S. The molecule has 0 saturated heterocycles. The van der Waals surface area contributed by atoms with Crippen molar-refractivity contribution in [1.29, 1.82) is 0 Å². The number of rotatable bonds is 7. The molecule has 0 aliphatic carbocycles. The molecule has 1 amide bonds. The second kappa shape index (κ2) is 6.70. The lowest BCUT2D eigenvalue weighted by molar-refractivity contribution is -0.140. The zero-order valence-corrected chi connectivity index (χ0v) is 12.5. The summed E-state index contributed by atoms with van der Waals surface area (Å²) in [5.41, 5.74) is -0.500. The number of carboxylic acid groups (broad SMARTS) is 1. The van der Waals surface area contributed by atoms with Gasteiger partial charge in [0.15, 0.2) is 0 Å². The van der Waals surface area contributed by atoms with Crippen LogP contribution < -0.4 is 0 Å². The van der Waals surface area contributed by atoms with Crippen LogP contribution in [-0.2, 0) is 16.0 Å². The average molecular weight is 283 g/mol. The quantitative estimate of drug-likeness (QED) is 0.837. The summed E-state index contributed by atoms with van der Waals surface area (Å²) in [5.74, 6) is -0.859. The smallest absolute Gasteiger partial charge is 0.303 e. The van der Waals surface area contributed by atoms with Crippen LogP contribution in [0.5, 0.6) is 0 Å². The molecule has 0 aromatic carbocycles. The Bertz CT molecular complexity index is 426. The van der Waals surface area contributed by atoms with Gasteiger partial charge >= 0.3 is 5.97 Å². The largest absolute Gasteiger partial charge is 0.481 e. The van der Waals surface area contributed by atoms with E-state index < -0.39 is 11.4 Å². The fourth-order valence-electron chi connectivity index (χ4n) is 1.87. The van der Waals surface area contributed by atoms with Crippen LogP contribution in [0.25, 0.3) is 0 Å².